The fourth-order valence-corrected chi connectivity index (χ4v) is 2.02. The van der Waals surface area contributed by atoms with Gasteiger partial charge in [-0.25, -0.2) is 4.98 Å². The molecule has 0 amide bonds. The van der Waals surface area contributed by atoms with E-state index in [4.69, 9.17) is 5.73 Å². The highest BCUT2D eigenvalue weighted by Gasteiger charge is 2.63. The summed E-state index contributed by atoms with van der Waals surface area (Å²) in [4.78, 5) is 7.89. The van der Waals surface area contributed by atoms with Gasteiger partial charge >= 0.3 is 6.18 Å². The molecule has 2 aromatic rings. The van der Waals surface area contributed by atoms with Crippen LogP contribution in [0, 0.1) is 0 Å². The molecule has 7 heteroatoms. The number of rotatable bonds is 2. The van der Waals surface area contributed by atoms with E-state index in [-0.39, 0.29) is 24.6 Å². The quantitative estimate of drug-likeness (QED) is 0.879. The van der Waals surface area contributed by atoms with Crippen molar-refractivity contribution in [2.45, 2.75) is 24.6 Å². The van der Waals surface area contributed by atoms with Crippen molar-refractivity contribution in [3.8, 4) is 0 Å². The van der Waals surface area contributed by atoms with Crippen LogP contribution >= 0.6 is 0 Å². The number of anilines is 2. The average Bonchev–Trinajstić information content (AvgIpc) is 3.09. The molecule has 0 saturated heterocycles. The van der Waals surface area contributed by atoms with E-state index in [1.807, 2.05) is 0 Å². The third kappa shape index (κ3) is 1.94. The van der Waals surface area contributed by atoms with Crippen molar-refractivity contribution < 1.29 is 13.2 Å². The molecule has 100 valence electrons. The number of para-hydroxylation sites is 1. The Balaban J connectivity index is 2.06. The van der Waals surface area contributed by atoms with Crippen LogP contribution in [0.2, 0.25) is 0 Å². The fraction of sp³-hybridized carbons (Fsp3) is 0.333. The summed E-state index contributed by atoms with van der Waals surface area (Å²) in [5.41, 5.74) is 4.19. The Hall–Kier alpha value is -2.05. The van der Waals surface area contributed by atoms with Gasteiger partial charge in [-0.2, -0.15) is 18.2 Å². The average molecular weight is 268 g/mol. The molecule has 1 heterocycles. The number of nitrogens with two attached hydrogens (primary N) is 1. The Bertz CT molecular complexity index is 634. The first kappa shape index (κ1) is 12.0. The van der Waals surface area contributed by atoms with E-state index in [0.717, 1.165) is 0 Å². The monoisotopic (exact) mass is 268 g/mol. The minimum Gasteiger partial charge on any atom is -0.368 e. The second-order valence-corrected chi connectivity index (χ2v) is 4.65. The summed E-state index contributed by atoms with van der Waals surface area (Å²) >= 11 is 0. The maximum absolute atomic E-state index is 12.9. The van der Waals surface area contributed by atoms with E-state index >= 15 is 0 Å². The van der Waals surface area contributed by atoms with E-state index < -0.39 is 11.7 Å². The number of benzene rings is 1. The summed E-state index contributed by atoms with van der Waals surface area (Å²) in [6.45, 7) is 0. The molecule has 1 fully saturated rings. The first-order chi connectivity index (χ1) is 8.91. The molecule has 1 saturated carbocycles. The SMILES string of the molecule is Nc1nc(NC2(C(F)(F)F)CC2)c2ccccc2n1. The third-order valence-corrected chi connectivity index (χ3v) is 3.27. The second kappa shape index (κ2) is 3.72. The molecule has 3 rings (SSSR count). The van der Waals surface area contributed by atoms with Crippen LogP contribution in [0.25, 0.3) is 10.9 Å². The molecule has 3 N–H and O–H groups in total. The van der Waals surface area contributed by atoms with Gasteiger partial charge < -0.3 is 11.1 Å². The summed E-state index contributed by atoms with van der Waals surface area (Å²) < 4.78 is 38.8. The standard InChI is InChI=1S/C12H11F3N4/c13-12(14,15)11(5-6-11)19-9-7-3-1-2-4-8(7)17-10(16)18-9/h1-4H,5-6H2,(H3,16,17,18,19). The molecular formula is C12H11F3N4. The first-order valence-electron chi connectivity index (χ1n) is 5.78. The van der Waals surface area contributed by atoms with Crippen LogP contribution in [-0.2, 0) is 0 Å². The molecule has 1 aliphatic carbocycles. The molecule has 4 nitrogen and oxygen atoms in total. The zero-order valence-electron chi connectivity index (χ0n) is 9.83. The number of nitrogen functional groups attached to an aromatic ring is 1. The lowest BCUT2D eigenvalue weighted by molar-refractivity contribution is -0.151. The maximum Gasteiger partial charge on any atom is 0.411 e. The number of halogens is 3. The Labute approximate surface area is 106 Å². The summed E-state index contributed by atoms with van der Waals surface area (Å²) in [5.74, 6) is 0.0945. The van der Waals surface area contributed by atoms with Crippen LogP contribution in [-0.4, -0.2) is 21.7 Å². The first-order valence-corrected chi connectivity index (χ1v) is 5.78. The zero-order valence-corrected chi connectivity index (χ0v) is 9.83. The van der Waals surface area contributed by atoms with Crippen molar-refractivity contribution in [2.75, 3.05) is 11.1 Å². The van der Waals surface area contributed by atoms with Crippen molar-refractivity contribution in [1.29, 1.82) is 0 Å². The van der Waals surface area contributed by atoms with Gasteiger partial charge in [-0.3, -0.25) is 0 Å². The van der Waals surface area contributed by atoms with Gasteiger partial charge in [-0.15, -0.1) is 0 Å². The fourth-order valence-electron chi connectivity index (χ4n) is 2.02. The minimum atomic E-state index is -4.30. The highest BCUT2D eigenvalue weighted by atomic mass is 19.4. The second-order valence-electron chi connectivity index (χ2n) is 4.65. The van der Waals surface area contributed by atoms with Crippen LogP contribution in [0.4, 0.5) is 24.9 Å². The van der Waals surface area contributed by atoms with E-state index in [1.165, 1.54) is 0 Å². The summed E-state index contributed by atoms with van der Waals surface area (Å²) in [6, 6.07) is 6.82. The molecule has 0 aliphatic heterocycles. The zero-order chi connectivity index (χ0) is 13.7. The Kier molecular flexibility index (Phi) is 2.35. The molecule has 19 heavy (non-hydrogen) atoms. The van der Waals surface area contributed by atoms with E-state index in [9.17, 15) is 13.2 Å². The predicted octanol–water partition coefficient (Wildman–Crippen LogP) is 2.72. The molecule has 0 unspecified atom stereocenters. The molecule has 0 radical (unpaired) electrons. The van der Waals surface area contributed by atoms with E-state index in [1.54, 1.807) is 24.3 Å². The highest BCUT2D eigenvalue weighted by Crippen LogP contribution is 2.51. The van der Waals surface area contributed by atoms with Gasteiger partial charge in [0.1, 0.15) is 11.4 Å². The molecule has 1 aliphatic rings. The molecule has 0 atom stereocenters. The van der Waals surface area contributed by atoms with Gasteiger partial charge in [0.05, 0.1) is 5.52 Å². The van der Waals surface area contributed by atoms with Gasteiger partial charge in [-0.05, 0) is 25.0 Å². The van der Waals surface area contributed by atoms with Gasteiger partial charge in [0.2, 0.25) is 5.95 Å². The van der Waals surface area contributed by atoms with Gasteiger partial charge in [0.15, 0.2) is 0 Å². The van der Waals surface area contributed by atoms with Crippen LogP contribution < -0.4 is 11.1 Å². The highest BCUT2D eigenvalue weighted by molar-refractivity contribution is 5.90. The third-order valence-electron chi connectivity index (χ3n) is 3.27. The number of aromatic nitrogens is 2. The van der Waals surface area contributed by atoms with Crippen molar-refractivity contribution in [3.05, 3.63) is 24.3 Å². The normalized spacial score (nSPS) is 17.4. The van der Waals surface area contributed by atoms with Crippen LogP contribution in [0.5, 0.6) is 0 Å². The van der Waals surface area contributed by atoms with E-state index in [0.29, 0.717) is 10.9 Å². The van der Waals surface area contributed by atoms with Gasteiger partial charge in [-0.1, -0.05) is 12.1 Å². The summed E-state index contributed by atoms with van der Waals surface area (Å²) in [5, 5.41) is 3.03. The number of nitrogens with zero attached hydrogens (tertiary/aromatic N) is 2. The molecule has 0 spiro atoms. The Morgan fingerprint density at radius 2 is 1.84 bits per heavy atom. The number of fused-ring (bicyclic) bond motifs is 1. The topological polar surface area (TPSA) is 63.8 Å². The summed E-state index contributed by atoms with van der Waals surface area (Å²) in [7, 11) is 0. The predicted molar refractivity (Wildman–Crippen MR) is 65.6 cm³/mol. The Morgan fingerprint density at radius 1 is 1.16 bits per heavy atom. The number of hydrogen-bond donors (Lipinski definition) is 2. The summed E-state index contributed by atoms with van der Waals surface area (Å²) in [6.07, 6.45) is -4.20. The lowest BCUT2D eigenvalue weighted by atomic mass is 10.2. The number of hydrogen-bond acceptors (Lipinski definition) is 4. The molecule has 0 bridgehead atoms. The molecule has 1 aromatic carbocycles. The lowest BCUT2D eigenvalue weighted by Crippen LogP contribution is -2.39. The lowest BCUT2D eigenvalue weighted by Gasteiger charge is -2.22. The smallest absolute Gasteiger partial charge is 0.368 e. The van der Waals surface area contributed by atoms with Crippen LogP contribution in [0.3, 0.4) is 0 Å². The van der Waals surface area contributed by atoms with Gasteiger partial charge in [0.25, 0.3) is 0 Å². The van der Waals surface area contributed by atoms with Crippen LogP contribution in [0.15, 0.2) is 24.3 Å². The van der Waals surface area contributed by atoms with Crippen LogP contribution in [0.1, 0.15) is 12.8 Å². The number of nitrogens with one attached hydrogen (secondary N) is 1. The van der Waals surface area contributed by atoms with Crippen molar-refractivity contribution >= 4 is 22.7 Å². The van der Waals surface area contributed by atoms with Gasteiger partial charge in [0, 0.05) is 5.39 Å². The van der Waals surface area contributed by atoms with Crippen molar-refractivity contribution in [2.24, 2.45) is 0 Å². The molecular weight excluding hydrogens is 257 g/mol. The maximum atomic E-state index is 12.9. The largest absolute Gasteiger partial charge is 0.411 e. The van der Waals surface area contributed by atoms with Crippen molar-refractivity contribution in [3.63, 3.8) is 0 Å². The van der Waals surface area contributed by atoms with Crippen molar-refractivity contribution in [1.82, 2.24) is 9.97 Å². The number of alkyl halides is 3. The van der Waals surface area contributed by atoms with E-state index in [2.05, 4.69) is 15.3 Å². The molecule has 1 aromatic heterocycles. The minimum absolute atomic E-state index is 0.0424. The Morgan fingerprint density at radius 3 is 2.47 bits per heavy atom.